The van der Waals surface area contributed by atoms with E-state index in [0.717, 1.165) is 16.8 Å². The molecule has 0 fully saturated rings. The van der Waals surface area contributed by atoms with Crippen molar-refractivity contribution in [3.05, 3.63) is 81.8 Å². The van der Waals surface area contributed by atoms with Gasteiger partial charge in [-0.05, 0) is 37.1 Å². The van der Waals surface area contributed by atoms with Gasteiger partial charge < -0.3 is 10.1 Å². The number of nitrogens with one attached hydrogen (secondary N) is 1. The smallest absolute Gasteiger partial charge is 0.255 e. The number of carbonyl (C=O) groups is 1. The summed E-state index contributed by atoms with van der Waals surface area (Å²) >= 11 is 1.52. The van der Waals surface area contributed by atoms with Crippen molar-refractivity contribution in [1.82, 2.24) is 10.3 Å². The molecule has 1 unspecified atom stereocenters. The summed E-state index contributed by atoms with van der Waals surface area (Å²) in [5, 5.41) is 4.99. The lowest BCUT2D eigenvalue weighted by atomic mass is 10.0. The second-order valence-electron chi connectivity index (χ2n) is 5.82. The van der Waals surface area contributed by atoms with Crippen LogP contribution in [0, 0.1) is 6.92 Å². The predicted octanol–water partition coefficient (Wildman–Crippen LogP) is 4.52. The molecule has 2 aromatic carbocycles. The van der Waals surface area contributed by atoms with Gasteiger partial charge in [0, 0.05) is 5.38 Å². The fourth-order valence-electron chi connectivity index (χ4n) is 2.67. The van der Waals surface area contributed by atoms with Crippen LogP contribution in [0.2, 0.25) is 0 Å². The lowest BCUT2D eigenvalue weighted by Gasteiger charge is -2.18. The first-order chi connectivity index (χ1) is 12.1. The van der Waals surface area contributed by atoms with Crippen LogP contribution in [0.1, 0.15) is 40.1 Å². The maximum absolute atomic E-state index is 12.7. The van der Waals surface area contributed by atoms with E-state index in [0.29, 0.717) is 17.9 Å². The van der Waals surface area contributed by atoms with Gasteiger partial charge in [-0.3, -0.25) is 4.79 Å². The van der Waals surface area contributed by atoms with Crippen LogP contribution in [0.4, 0.5) is 0 Å². The molecule has 5 heteroatoms. The first-order valence-corrected chi connectivity index (χ1v) is 9.04. The predicted molar refractivity (Wildman–Crippen MR) is 99.9 cm³/mol. The summed E-state index contributed by atoms with van der Waals surface area (Å²) in [5.74, 6) is 0.412. The van der Waals surface area contributed by atoms with Gasteiger partial charge in [0.15, 0.2) is 0 Å². The lowest BCUT2D eigenvalue weighted by molar-refractivity contribution is 0.0935. The first-order valence-electron chi connectivity index (χ1n) is 8.10. The van der Waals surface area contributed by atoms with E-state index in [1.54, 1.807) is 17.6 Å². The van der Waals surface area contributed by atoms with Gasteiger partial charge in [-0.2, -0.15) is 0 Å². The third-order valence-corrected chi connectivity index (χ3v) is 4.63. The number of ether oxygens (including phenoxy) is 1. The van der Waals surface area contributed by atoms with Crippen molar-refractivity contribution >= 4 is 17.2 Å². The number of aryl methyl sites for hydroxylation is 1. The van der Waals surface area contributed by atoms with E-state index in [-0.39, 0.29) is 11.9 Å². The number of carbonyl (C=O) groups excluding carboxylic acids is 1. The van der Waals surface area contributed by atoms with Crippen molar-refractivity contribution in [3.8, 4) is 5.75 Å². The second kappa shape index (κ2) is 7.94. The molecule has 0 aliphatic rings. The Kier molecular flexibility index (Phi) is 5.46. The monoisotopic (exact) mass is 352 g/mol. The molecular formula is C20H20N2O2S. The van der Waals surface area contributed by atoms with Crippen molar-refractivity contribution in [2.75, 3.05) is 0 Å². The van der Waals surface area contributed by atoms with E-state index in [1.807, 2.05) is 55.6 Å². The van der Waals surface area contributed by atoms with Gasteiger partial charge in [0.25, 0.3) is 5.91 Å². The fraction of sp³-hybridized carbons (Fsp3) is 0.200. The highest BCUT2D eigenvalue weighted by molar-refractivity contribution is 7.07. The highest BCUT2D eigenvalue weighted by Crippen LogP contribution is 2.22. The van der Waals surface area contributed by atoms with Gasteiger partial charge in [-0.25, -0.2) is 4.98 Å². The summed E-state index contributed by atoms with van der Waals surface area (Å²) in [6.07, 6.45) is 0. The zero-order valence-corrected chi connectivity index (χ0v) is 15.0. The number of amides is 1. The molecular weight excluding hydrogens is 332 g/mol. The number of thiazole rings is 1. The number of hydrogen-bond donors (Lipinski definition) is 1. The van der Waals surface area contributed by atoms with E-state index in [4.69, 9.17) is 4.74 Å². The maximum Gasteiger partial charge on any atom is 0.255 e. The lowest BCUT2D eigenvalue weighted by Crippen LogP contribution is -2.27. The van der Waals surface area contributed by atoms with Crippen molar-refractivity contribution in [1.29, 1.82) is 0 Å². The Morgan fingerprint density at radius 3 is 2.72 bits per heavy atom. The van der Waals surface area contributed by atoms with Crippen molar-refractivity contribution in [2.45, 2.75) is 26.5 Å². The molecule has 4 nitrogen and oxygen atoms in total. The average molecular weight is 352 g/mol. The molecule has 0 spiro atoms. The largest absolute Gasteiger partial charge is 0.486 e. The van der Waals surface area contributed by atoms with Gasteiger partial charge in [0.1, 0.15) is 12.4 Å². The fourth-order valence-corrected chi connectivity index (χ4v) is 3.21. The molecule has 0 aliphatic heterocycles. The molecule has 3 rings (SSSR count). The molecule has 25 heavy (non-hydrogen) atoms. The Morgan fingerprint density at radius 1 is 1.20 bits per heavy atom. The molecule has 128 valence electrons. The zero-order valence-electron chi connectivity index (χ0n) is 14.2. The van der Waals surface area contributed by atoms with Crippen molar-refractivity contribution < 1.29 is 9.53 Å². The van der Waals surface area contributed by atoms with Gasteiger partial charge in [-0.1, -0.05) is 36.4 Å². The average Bonchev–Trinajstić information content (AvgIpc) is 3.14. The Bertz CT molecular complexity index is 846. The van der Waals surface area contributed by atoms with Gasteiger partial charge >= 0.3 is 0 Å². The van der Waals surface area contributed by atoms with E-state index in [2.05, 4.69) is 10.3 Å². The van der Waals surface area contributed by atoms with Crippen molar-refractivity contribution in [3.63, 3.8) is 0 Å². The third kappa shape index (κ3) is 4.25. The van der Waals surface area contributed by atoms with Crippen LogP contribution in [0.3, 0.4) is 0 Å². The van der Waals surface area contributed by atoms with Crippen LogP contribution in [-0.2, 0) is 6.61 Å². The van der Waals surface area contributed by atoms with E-state index in [1.165, 1.54) is 11.3 Å². The summed E-state index contributed by atoms with van der Waals surface area (Å²) in [4.78, 5) is 16.9. The van der Waals surface area contributed by atoms with Crippen LogP contribution in [0.15, 0.2) is 59.4 Å². The summed E-state index contributed by atoms with van der Waals surface area (Å²) in [6, 6.07) is 15.2. The maximum atomic E-state index is 12.7. The minimum absolute atomic E-state index is 0.0831. The molecule has 1 aromatic heterocycles. The van der Waals surface area contributed by atoms with Gasteiger partial charge in [-0.15, -0.1) is 11.3 Å². The molecule has 0 aliphatic carbocycles. The number of para-hydroxylation sites is 1. The Hall–Kier alpha value is -2.66. The number of nitrogens with zero attached hydrogens (tertiary/aromatic N) is 1. The van der Waals surface area contributed by atoms with Gasteiger partial charge in [0.05, 0.1) is 22.8 Å². The second-order valence-corrected chi connectivity index (χ2v) is 6.54. The van der Waals surface area contributed by atoms with Crippen LogP contribution in [0.25, 0.3) is 0 Å². The van der Waals surface area contributed by atoms with E-state index < -0.39 is 0 Å². The molecule has 1 heterocycles. The Morgan fingerprint density at radius 2 is 1.96 bits per heavy atom. The quantitative estimate of drug-likeness (QED) is 0.709. The molecule has 1 amide bonds. The number of rotatable bonds is 6. The van der Waals surface area contributed by atoms with Crippen LogP contribution in [-0.4, -0.2) is 10.9 Å². The number of benzene rings is 2. The highest BCUT2D eigenvalue weighted by atomic mass is 32.1. The minimum Gasteiger partial charge on any atom is -0.486 e. The van der Waals surface area contributed by atoms with Crippen LogP contribution in [0.5, 0.6) is 5.75 Å². The van der Waals surface area contributed by atoms with Crippen LogP contribution < -0.4 is 10.1 Å². The summed E-state index contributed by atoms with van der Waals surface area (Å²) in [7, 11) is 0. The zero-order chi connectivity index (χ0) is 17.6. The SMILES string of the molecule is Cc1ccccc1C(C)NC(=O)c1ccccc1OCc1cscn1. The van der Waals surface area contributed by atoms with Gasteiger partial charge in [0.2, 0.25) is 0 Å². The van der Waals surface area contributed by atoms with E-state index in [9.17, 15) is 4.79 Å². The summed E-state index contributed by atoms with van der Waals surface area (Å²) in [5.41, 5.74) is 5.41. The van der Waals surface area contributed by atoms with E-state index >= 15 is 0 Å². The molecule has 1 atom stereocenters. The summed E-state index contributed by atoms with van der Waals surface area (Å²) in [6.45, 7) is 4.38. The first kappa shape index (κ1) is 17.2. The molecule has 0 radical (unpaired) electrons. The third-order valence-electron chi connectivity index (χ3n) is 3.99. The topological polar surface area (TPSA) is 51.2 Å². The Balaban J connectivity index is 1.72. The standard InChI is InChI=1S/C20H20N2O2S/c1-14-7-3-4-8-17(14)15(2)22-20(23)18-9-5-6-10-19(18)24-11-16-12-25-13-21-16/h3-10,12-13,15H,11H2,1-2H3,(H,22,23). The molecule has 3 aromatic rings. The number of aromatic nitrogens is 1. The molecule has 1 N–H and O–H groups in total. The number of hydrogen-bond acceptors (Lipinski definition) is 4. The Labute approximate surface area is 151 Å². The normalized spacial score (nSPS) is 11.8. The molecule has 0 saturated heterocycles. The minimum atomic E-state index is -0.148. The van der Waals surface area contributed by atoms with Crippen LogP contribution >= 0.6 is 11.3 Å². The van der Waals surface area contributed by atoms with Crippen molar-refractivity contribution in [2.24, 2.45) is 0 Å². The summed E-state index contributed by atoms with van der Waals surface area (Å²) < 4.78 is 5.80. The molecule has 0 bridgehead atoms. The highest BCUT2D eigenvalue weighted by Gasteiger charge is 2.16. The molecule has 0 saturated carbocycles.